The van der Waals surface area contributed by atoms with Crippen LogP contribution in [0, 0.1) is 6.92 Å². The Morgan fingerprint density at radius 1 is 0.971 bits per heavy atom. The topological polar surface area (TPSA) is 80.2 Å². The molecule has 0 bridgehead atoms. The Balaban J connectivity index is 1.58. The second kappa shape index (κ2) is 10.9. The summed E-state index contributed by atoms with van der Waals surface area (Å²) in [6, 6.07) is 22.1. The van der Waals surface area contributed by atoms with Gasteiger partial charge in [0.1, 0.15) is 17.2 Å². The second-order valence-corrected chi connectivity index (χ2v) is 8.63. The van der Waals surface area contributed by atoms with Crippen molar-refractivity contribution in [2.75, 3.05) is 30.2 Å². The zero-order chi connectivity index (χ0) is 24.8. The fourth-order valence-electron chi connectivity index (χ4n) is 3.44. The molecule has 7 nitrogen and oxygen atoms in total. The molecule has 8 heteroatoms. The van der Waals surface area contributed by atoms with Crippen molar-refractivity contribution in [3.63, 3.8) is 0 Å². The number of amides is 2. The molecule has 1 heterocycles. The van der Waals surface area contributed by atoms with Gasteiger partial charge in [-0.05, 0) is 66.6 Å². The Bertz CT molecular complexity index is 1280. The van der Waals surface area contributed by atoms with Gasteiger partial charge in [-0.3, -0.25) is 14.5 Å². The van der Waals surface area contributed by atoms with Crippen molar-refractivity contribution in [1.29, 1.82) is 0 Å². The van der Waals surface area contributed by atoms with Gasteiger partial charge < -0.3 is 14.8 Å². The molecule has 0 saturated heterocycles. The molecule has 0 atom stereocenters. The largest absolute Gasteiger partial charge is 0.497 e. The van der Waals surface area contributed by atoms with Gasteiger partial charge in [-0.15, -0.1) is 0 Å². The minimum Gasteiger partial charge on any atom is -0.497 e. The molecule has 0 saturated carbocycles. The molecule has 4 rings (SSSR count). The summed E-state index contributed by atoms with van der Waals surface area (Å²) >= 11 is 1.21. The first kappa shape index (κ1) is 24.1. The SMILES string of the molecule is COc1ccc(C=C2N=C(SCC(=O)Nc3ccccc3C)N(c3ccc(OC)cc3)C2=O)cc1. The zero-order valence-corrected chi connectivity index (χ0v) is 20.5. The lowest BCUT2D eigenvalue weighted by Gasteiger charge is -2.18. The molecule has 3 aromatic carbocycles. The van der Waals surface area contributed by atoms with Gasteiger partial charge in [-0.1, -0.05) is 42.1 Å². The van der Waals surface area contributed by atoms with Crippen molar-refractivity contribution in [2.24, 2.45) is 4.99 Å². The van der Waals surface area contributed by atoms with E-state index in [-0.39, 0.29) is 23.3 Å². The maximum Gasteiger partial charge on any atom is 0.283 e. The van der Waals surface area contributed by atoms with E-state index < -0.39 is 0 Å². The first-order valence-corrected chi connectivity index (χ1v) is 11.9. The van der Waals surface area contributed by atoms with E-state index in [9.17, 15) is 9.59 Å². The van der Waals surface area contributed by atoms with E-state index in [1.807, 2.05) is 55.5 Å². The molecular formula is C27H25N3O4S. The predicted octanol–water partition coefficient (Wildman–Crippen LogP) is 5.13. The van der Waals surface area contributed by atoms with Gasteiger partial charge in [-0.2, -0.15) is 0 Å². The van der Waals surface area contributed by atoms with E-state index in [2.05, 4.69) is 10.3 Å². The van der Waals surface area contributed by atoms with Crippen LogP contribution in [0.4, 0.5) is 11.4 Å². The molecule has 178 valence electrons. The van der Waals surface area contributed by atoms with Crippen LogP contribution in [0.5, 0.6) is 11.5 Å². The van der Waals surface area contributed by atoms with Crippen LogP contribution in [0.2, 0.25) is 0 Å². The molecule has 0 fully saturated rings. The summed E-state index contributed by atoms with van der Waals surface area (Å²) in [5.74, 6) is 1.06. The van der Waals surface area contributed by atoms with Gasteiger partial charge in [0, 0.05) is 5.69 Å². The lowest BCUT2D eigenvalue weighted by atomic mass is 10.2. The minimum absolute atomic E-state index is 0.100. The summed E-state index contributed by atoms with van der Waals surface area (Å²) in [5.41, 5.74) is 3.47. The summed E-state index contributed by atoms with van der Waals surface area (Å²) in [6.45, 7) is 1.93. The first-order chi connectivity index (χ1) is 17.0. The van der Waals surface area contributed by atoms with E-state index in [4.69, 9.17) is 9.47 Å². The van der Waals surface area contributed by atoms with E-state index >= 15 is 0 Å². The molecular weight excluding hydrogens is 462 g/mol. The molecule has 2 amide bonds. The van der Waals surface area contributed by atoms with Crippen LogP contribution in [0.15, 0.2) is 83.5 Å². The number of thioether (sulfide) groups is 1. The van der Waals surface area contributed by atoms with Crippen LogP contribution in [-0.2, 0) is 9.59 Å². The number of carbonyl (C=O) groups excluding carboxylic acids is 2. The number of aliphatic imine (C=N–C) groups is 1. The Labute approximate surface area is 208 Å². The van der Waals surface area contributed by atoms with Gasteiger partial charge in [0.05, 0.1) is 25.7 Å². The number of anilines is 2. The smallest absolute Gasteiger partial charge is 0.283 e. The average Bonchev–Trinajstić information content (AvgIpc) is 3.19. The number of carbonyl (C=O) groups is 2. The Kier molecular flexibility index (Phi) is 7.52. The van der Waals surface area contributed by atoms with Crippen LogP contribution >= 0.6 is 11.8 Å². The molecule has 0 unspecified atom stereocenters. The number of nitrogens with one attached hydrogen (secondary N) is 1. The summed E-state index contributed by atoms with van der Waals surface area (Å²) in [4.78, 5) is 32.1. The third kappa shape index (κ3) is 5.73. The molecule has 1 N–H and O–H groups in total. The number of aryl methyl sites for hydroxylation is 1. The van der Waals surface area contributed by atoms with E-state index in [1.165, 1.54) is 16.7 Å². The van der Waals surface area contributed by atoms with E-state index in [0.717, 1.165) is 22.6 Å². The van der Waals surface area contributed by atoms with Gasteiger partial charge >= 0.3 is 0 Å². The monoisotopic (exact) mass is 487 g/mol. The number of amidine groups is 1. The van der Waals surface area contributed by atoms with Gasteiger partial charge in [0.2, 0.25) is 5.91 Å². The van der Waals surface area contributed by atoms with Gasteiger partial charge in [0.25, 0.3) is 5.91 Å². The van der Waals surface area contributed by atoms with Crippen LogP contribution in [0.3, 0.4) is 0 Å². The zero-order valence-electron chi connectivity index (χ0n) is 19.6. The Morgan fingerprint density at radius 2 is 1.60 bits per heavy atom. The highest BCUT2D eigenvalue weighted by Crippen LogP contribution is 2.31. The summed E-state index contributed by atoms with van der Waals surface area (Å²) in [6.07, 6.45) is 1.72. The van der Waals surface area contributed by atoms with Crippen LogP contribution < -0.4 is 19.7 Å². The molecule has 0 aromatic heterocycles. The number of para-hydroxylation sites is 1. The third-order valence-corrected chi connectivity index (χ3v) is 6.27. The fourth-order valence-corrected chi connectivity index (χ4v) is 4.25. The van der Waals surface area contributed by atoms with Gasteiger partial charge in [0.15, 0.2) is 5.17 Å². The molecule has 35 heavy (non-hydrogen) atoms. The van der Waals surface area contributed by atoms with Crippen molar-refractivity contribution in [1.82, 2.24) is 0 Å². The summed E-state index contributed by atoms with van der Waals surface area (Å²) in [7, 11) is 3.19. The standard InChI is InChI=1S/C27H25N3O4S/c1-18-6-4-5-7-23(18)28-25(31)17-35-27-29-24(16-19-8-12-21(33-2)13-9-19)26(32)30(27)20-10-14-22(34-3)15-11-20/h4-16H,17H2,1-3H3,(H,28,31). The van der Waals surface area contributed by atoms with Crippen molar-refractivity contribution in [2.45, 2.75) is 6.92 Å². The number of methoxy groups -OCH3 is 2. The van der Waals surface area contributed by atoms with Crippen LogP contribution in [0.25, 0.3) is 6.08 Å². The number of ether oxygens (including phenoxy) is 2. The van der Waals surface area contributed by atoms with Crippen molar-refractivity contribution in [3.05, 3.63) is 89.6 Å². The maximum atomic E-state index is 13.4. The number of rotatable bonds is 7. The normalized spacial score (nSPS) is 14.1. The highest BCUT2D eigenvalue weighted by molar-refractivity contribution is 8.14. The molecule has 3 aromatic rings. The van der Waals surface area contributed by atoms with Crippen LogP contribution in [0.1, 0.15) is 11.1 Å². The number of hydrogen-bond donors (Lipinski definition) is 1. The summed E-state index contributed by atoms with van der Waals surface area (Å²) in [5, 5.41) is 3.35. The quantitative estimate of drug-likeness (QED) is 0.468. The van der Waals surface area contributed by atoms with Gasteiger partial charge in [-0.25, -0.2) is 4.99 Å². The number of hydrogen-bond acceptors (Lipinski definition) is 6. The van der Waals surface area contributed by atoms with Crippen molar-refractivity contribution < 1.29 is 19.1 Å². The third-order valence-electron chi connectivity index (χ3n) is 5.33. The fraction of sp³-hybridized carbons (Fsp3) is 0.148. The second-order valence-electron chi connectivity index (χ2n) is 7.69. The highest BCUT2D eigenvalue weighted by Gasteiger charge is 2.32. The van der Waals surface area contributed by atoms with E-state index in [0.29, 0.717) is 16.6 Å². The Morgan fingerprint density at radius 3 is 2.23 bits per heavy atom. The van der Waals surface area contributed by atoms with E-state index in [1.54, 1.807) is 44.6 Å². The molecule has 1 aliphatic rings. The highest BCUT2D eigenvalue weighted by atomic mass is 32.2. The first-order valence-electron chi connectivity index (χ1n) is 10.9. The molecule has 1 aliphatic heterocycles. The maximum absolute atomic E-state index is 13.4. The molecule has 0 spiro atoms. The Hall–Kier alpha value is -4.04. The minimum atomic E-state index is -0.271. The lowest BCUT2D eigenvalue weighted by Crippen LogP contribution is -2.31. The van der Waals surface area contributed by atoms with Crippen molar-refractivity contribution in [3.8, 4) is 11.5 Å². The van der Waals surface area contributed by atoms with Crippen LogP contribution in [-0.4, -0.2) is 37.0 Å². The average molecular weight is 488 g/mol. The number of nitrogens with zero attached hydrogens (tertiary/aromatic N) is 2. The summed E-state index contributed by atoms with van der Waals surface area (Å²) < 4.78 is 10.4. The van der Waals surface area contributed by atoms with Crippen molar-refractivity contribution >= 4 is 46.2 Å². The lowest BCUT2D eigenvalue weighted by molar-refractivity contribution is -0.114. The molecule has 0 radical (unpaired) electrons. The number of benzene rings is 3. The molecule has 0 aliphatic carbocycles. The predicted molar refractivity (Wildman–Crippen MR) is 141 cm³/mol.